The molecule has 0 fully saturated rings. The van der Waals surface area contributed by atoms with Crippen LogP contribution >= 0.6 is 27.5 Å². The summed E-state index contributed by atoms with van der Waals surface area (Å²) < 4.78 is 26.9. The van der Waals surface area contributed by atoms with Crippen molar-refractivity contribution in [2.75, 3.05) is 23.8 Å². The first-order valence-electron chi connectivity index (χ1n) is 6.28. The van der Waals surface area contributed by atoms with Crippen LogP contribution in [0.15, 0.2) is 40.9 Å². The van der Waals surface area contributed by atoms with Gasteiger partial charge in [0, 0.05) is 23.3 Å². The number of rotatable bonds is 4. The van der Waals surface area contributed by atoms with Crippen LogP contribution in [0.25, 0.3) is 0 Å². The topological polar surface area (TPSA) is 32.3 Å². The normalized spacial score (nSPS) is 10.4. The van der Waals surface area contributed by atoms with E-state index in [1.807, 2.05) is 0 Å². The summed E-state index contributed by atoms with van der Waals surface area (Å²) >= 11 is 9.29. The predicted octanol–water partition coefficient (Wildman–Crippen LogP) is 4.46. The van der Waals surface area contributed by atoms with Crippen molar-refractivity contribution in [3.8, 4) is 0 Å². The van der Waals surface area contributed by atoms with E-state index in [1.54, 1.807) is 25.2 Å². The van der Waals surface area contributed by atoms with Gasteiger partial charge in [-0.3, -0.25) is 4.79 Å². The summed E-state index contributed by atoms with van der Waals surface area (Å²) in [4.78, 5) is 13.5. The first-order valence-corrected chi connectivity index (χ1v) is 7.45. The molecule has 2 aromatic carbocycles. The maximum absolute atomic E-state index is 13.2. The van der Waals surface area contributed by atoms with E-state index in [2.05, 4.69) is 21.2 Å². The predicted molar refractivity (Wildman–Crippen MR) is 87.4 cm³/mol. The Morgan fingerprint density at radius 2 is 1.95 bits per heavy atom. The molecule has 0 aliphatic carbocycles. The molecule has 0 aliphatic heterocycles. The summed E-state index contributed by atoms with van der Waals surface area (Å²) in [6.45, 7) is -0.0303. The van der Waals surface area contributed by atoms with Crippen LogP contribution in [-0.2, 0) is 4.79 Å². The third-order valence-electron chi connectivity index (χ3n) is 2.93. The lowest BCUT2D eigenvalue weighted by Crippen LogP contribution is -2.30. The fourth-order valence-electron chi connectivity index (χ4n) is 1.81. The fraction of sp³-hybridized carbons (Fsp3) is 0.133. The smallest absolute Gasteiger partial charge is 0.243 e. The number of amides is 1. The highest BCUT2D eigenvalue weighted by molar-refractivity contribution is 9.10. The number of hydrogen-bond donors (Lipinski definition) is 1. The Morgan fingerprint density at radius 1 is 1.23 bits per heavy atom. The molecule has 7 heteroatoms. The van der Waals surface area contributed by atoms with Crippen molar-refractivity contribution >= 4 is 44.8 Å². The molecule has 0 unspecified atom stereocenters. The maximum atomic E-state index is 13.2. The van der Waals surface area contributed by atoms with Gasteiger partial charge >= 0.3 is 0 Å². The molecule has 0 bridgehead atoms. The van der Waals surface area contributed by atoms with Gasteiger partial charge in [-0.05, 0) is 30.3 Å². The van der Waals surface area contributed by atoms with Crippen molar-refractivity contribution < 1.29 is 13.6 Å². The number of anilines is 2. The quantitative estimate of drug-likeness (QED) is 0.837. The number of benzene rings is 2. The third kappa shape index (κ3) is 4.18. The van der Waals surface area contributed by atoms with Gasteiger partial charge in [0.15, 0.2) is 11.6 Å². The molecule has 0 heterocycles. The van der Waals surface area contributed by atoms with Crippen LogP contribution in [0.3, 0.4) is 0 Å². The third-order valence-corrected chi connectivity index (χ3v) is 3.74. The van der Waals surface area contributed by atoms with Gasteiger partial charge in [-0.1, -0.05) is 27.5 Å². The van der Waals surface area contributed by atoms with Crippen molar-refractivity contribution in [2.24, 2.45) is 0 Å². The molecular formula is C15H12BrClF2N2O. The minimum absolute atomic E-state index is 0.0303. The van der Waals surface area contributed by atoms with E-state index in [4.69, 9.17) is 11.6 Å². The van der Waals surface area contributed by atoms with Crippen LogP contribution in [0, 0.1) is 11.6 Å². The number of carbonyl (C=O) groups is 1. The monoisotopic (exact) mass is 388 g/mol. The largest absolute Gasteiger partial charge is 0.365 e. The zero-order valence-corrected chi connectivity index (χ0v) is 13.9. The zero-order valence-electron chi connectivity index (χ0n) is 11.5. The van der Waals surface area contributed by atoms with Crippen molar-refractivity contribution in [2.45, 2.75) is 0 Å². The first-order chi connectivity index (χ1) is 10.4. The number of nitrogens with zero attached hydrogens (tertiary/aromatic N) is 1. The Bertz CT molecular complexity index is 712. The van der Waals surface area contributed by atoms with Gasteiger partial charge in [0.25, 0.3) is 0 Å². The Hall–Kier alpha value is -1.66. The highest BCUT2D eigenvalue weighted by Crippen LogP contribution is 2.25. The van der Waals surface area contributed by atoms with Gasteiger partial charge in [-0.2, -0.15) is 0 Å². The number of hydrogen-bond acceptors (Lipinski definition) is 2. The summed E-state index contributed by atoms with van der Waals surface area (Å²) in [5.41, 5.74) is 0.879. The van der Waals surface area contributed by atoms with Crippen molar-refractivity contribution in [3.05, 3.63) is 57.5 Å². The lowest BCUT2D eigenvalue weighted by atomic mass is 10.2. The minimum Gasteiger partial charge on any atom is -0.365 e. The Morgan fingerprint density at radius 3 is 2.59 bits per heavy atom. The molecule has 0 aromatic heterocycles. The lowest BCUT2D eigenvalue weighted by Gasteiger charge is -2.19. The van der Waals surface area contributed by atoms with Crippen LogP contribution in [-0.4, -0.2) is 19.5 Å². The second-order valence-electron chi connectivity index (χ2n) is 4.63. The van der Waals surface area contributed by atoms with Crippen molar-refractivity contribution in [1.29, 1.82) is 0 Å². The molecule has 2 rings (SSSR count). The number of likely N-dealkylation sites (N-methyl/N-ethyl adjacent to an activating group) is 1. The van der Waals surface area contributed by atoms with Gasteiger partial charge in [-0.25, -0.2) is 8.78 Å². The summed E-state index contributed by atoms with van der Waals surface area (Å²) in [6, 6.07) is 8.54. The molecule has 0 saturated carbocycles. The minimum atomic E-state index is -0.958. The molecular weight excluding hydrogens is 378 g/mol. The second kappa shape index (κ2) is 7.07. The van der Waals surface area contributed by atoms with Crippen LogP contribution in [0.2, 0.25) is 5.02 Å². The molecule has 1 N–H and O–H groups in total. The van der Waals surface area contributed by atoms with E-state index in [0.29, 0.717) is 16.4 Å². The van der Waals surface area contributed by atoms with E-state index in [1.165, 1.54) is 11.0 Å². The average molecular weight is 390 g/mol. The SMILES string of the molecule is CN(CC(=O)Nc1ccc(Br)cc1Cl)c1ccc(F)c(F)c1. The molecule has 0 atom stereocenters. The van der Waals surface area contributed by atoms with Gasteiger partial charge < -0.3 is 10.2 Å². The molecule has 116 valence electrons. The zero-order chi connectivity index (χ0) is 16.3. The van der Waals surface area contributed by atoms with Gasteiger partial charge in [-0.15, -0.1) is 0 Å². The van der Waals surface area contributed by atoms with E-state index in [0.717, 1.165) is 16.6 Å². The number of halogens is 4. The van der Waals surface area contributed by atoms with Crippen LogP contribution < -0.4 is 10.2 Å². The summed E-state index contributed by atoms with van der Waals surface area (Å²) in [7, 11) is 1.61. The van der Waals surface area contributed by atoms with Gasteiger partial charge in [0.1, 0.15) is 0 Å². The second-order valence-corrected chi connectivity index (χ2v) is 5.95. The van der Waals surface area contributed by atoms with Crippen LogP contribution in [0.4, 0.5) is 20.2 Å². The molecule has 2 aromatic rings. The van der Waals surface area contributed by atoms with E-state index < -0.39 is 11.6 Å². The van der Waals surface area contributed by atoms with Crippen molar-refractivity contribution in [1.82, 2.24) is 0 Å². The highest BCUT2D eigenvalue weighted by Gasteiger charge is 2.11. The fourth-order valence-corrected chi connectivity index (χ4v) is 2.53. The number of nitrogens with one attached hydrogen (secondary N) is 1. The summed E-state index contributed by atoms with van der Waals surface area (Å²) in [5.74, 6) is -2.21. The molecule has 3 nitrogen and oxygen atoms in total. The van der Waals surface area contributed by atoms with E-state index >= 15 is 0 Å². The van der Waals surface area contributed by atoms with Gasteiger partial charge in [0.2, 0.25) is 5.91 Å². The molecule has 1 amide bonds. The summed E-state index contributed by atoms with van der Waals surface area (Å²) in [5, 5.41) is 3.06. The maximum Gasteiger partial charge on any atom is 0.243 e. The van der Waals surface area contributed by atoms with E-state index in [9.17, 15) is 13.6 Å². The lowest BCUT2D eigenvalue weighted by molar-refractivity contribution is -0.114. The Labute approximate surface area is 140 Å². The molecule has 22 heavy (non-hydrogen) atoms. The number of carbonyl (C=O) groups excluding carboxylic acids is 1. The Kier molecular flexibility index (Phi) is 5.37. The molecule has 0 saturated heterocycles. The molecule has 0 aliphatic rings. The average Bonchev–Trinajstić information content (AvgIpc) is 2.45. The van der Waals surface area contributed by atoms with Crippen LogP contribution in [0.1, 0.15) is 0 Å². The summed E-state index contributed by atoms with van der Waals surface area (Å²) in [6.07, 6.45) is 0. The van der Waals surface area contributed by atoms with Crippen LogP contribution in [0.5, 0.6) is 0 Å². The Balaban J connectivity index is 2.03. The van der Waals surface area contributed by atoms with Gasteiger partial charge in [0.05, 0.1) is 17.3 Å². The highest BCUT2D eigenvalue weighted by atomic mass is 79.9. The van der Waals surface area contributed by atoms with Crippen molar-refractivity contribution in [3.63, 3.8) is 0 Å². The molecule has 0 radical (unpaired) electrons. The standard InChI is InChI=1S/C15H12BrClF2N2O/c1-21(10-3-4-12(18)13(19)7-10)8-15(22)20-14-5-2-9(16)6-11(14)17/h2-7H,8H2,1H3,(H,20,22). The molecule has 0 spiro atoms. The van der Waals surface area contributed by atoms with E-state index in [-0.39, 0.29) is 12.5 Å². The first kappa shape index (κ1) is 16.7.